The van der Waals surface area contributed by atoms with Gasteiger partial charge in [-0.15, -0.1) is 0 Å². The van der Waals surface area contributed by atoms with Crippen LogP contribution < -0.4 is 0 Å². The molecular weight excluding hydrogens is 240 g/mol. The minimum Gasteiger partial charge on any atom is -0.406 e. The average Bonchev–Trinajstić information content (AvgIpc) is 2.17. The van der Waals surface area contributed by atoms with Crippen molar-refractivity contribution in [2.45, 2.75) is 63.5 Å². The molecule has 5 nitrogen and oxygen atoms in total. The second-order valence-electron chi connectivity index (χ2n) is 6.12. The van der Waals surface area contributed by atoms with Crippen LogP contribution in [-0.4, -0.2) is 54.8 Å². The highest BCUT2D eigenvalue weighted by atomic mass is 28.4. The quantitative estimate of drug-likeness (QED) is 0.631. The van der Waals surface area contributed by atoms with Crippen molar-refractivity contribution in [3.05, 3.63) is 0 Å². The SMILES string of the molecule is CC(C)(C)[Si](C)(C)O[C@@H]1[C@@H](O)[C@@H](O)CO[C@H]1O. The molecule has 1 fully saturated rings. The van der Waals surface area contributed by atoms with Gasteiger partial charge in [0.1, 0.15) is 18.3 Å². The number of ether oxygens (including phenoxy) is 1. The fourth-order valence-electron chi connectivity index (χ4n) is 1.42. The summed E-state index contributed by atoms with van der Waals surface area (Å²) in [5.41, 5.74) is 0. The van der Waals surface area contributed by atoms with Crippen molar-refractivity contribution in [3.8, 4) is 0 Å². The maximum atomic E-state index is 9.84. The molecule has 17 heavy (non-hydrogen) atoms. The lowest BCUT2D eigenvalue weighted by Gasteiger charge is -2.44. The van der Waals surface area contributed by atoms with Gasteiger partial charge in [-0.3, -0.25) is 0 Å². The van der Waals surface area contributed by atoms with Gasteiger partial charge in [-0.25, -0.2) is 0 Å². The first-order valence-corrected chi connectivity index (χ1v) is 8.81. The normalized spacial score (nSPS) is 36.0. The number of hydrogen-bond donors (Lipinski definition) is 3. The Labute approximate surface area is 103 Å². The van der Waals surface area contributed by atoms with Crippen LogP contribution in [0.5, 0.6) is 0 Å². The molecule has 0 amide bonds. The van der Waals surface area contributed by atoms with Crippen molar-refractivity contribution < 1.29 is 24.5 Å². The molecule has 0 aromatic heterocycles. The molecule has 4 atom stereocenters. The van der Waals surface area contributed by atoms with Crippen LogP contribution in [0.3, 0.4) is 0 Å². The second-order valence-corrected chi connectivity index (χ2v) is 10.9. The lowest BCUT2D eigenvalue weighted by Crippen LogP contribution is -2.58. The summed E-state index contributed by atoms with van der Waals surface area (Å²) < 4.78 is 10.9. The van der Waals surface area contributed by atoms with Crippen LogP contribution in [0, 0.1) is 0 Å². The van der Waals surface area contributed by atoms with Gasteiger partial charge in [0.05, 0.1) is 6.61 Å². The van der Waals surface area contributed by atoms with Gasteiger partial charge < -0.3 is 24.5 Å². The topological polar surface area (TPSA) is 79.2 Å². The van der Waals surface area contributed by atoms with E-state index in [9.17, 15) is 15.3 Å². The summed E-state index contributed by atoms with van der Waals surface area (Å²) in [6.07, 6.45) is -4.16. The Balaban J connectivity index is 2.78. The predicted molar refractivity (Wildman–Crippen MR) is 66.0 cm³/mol. The highest BCUT2D eigenvalue weighted by molar-refractivity contribution is 6.74. The third kappa shape index (κ3) is 3.27. The van der Waals surface area contributed by atoms with Crippen LogP contribution in [0.15, 0.2) is 0 Å². The Hall–Kier alpha value is 0.0169. The minimum absolute atomic E-state index is 0.0329. The van der Waals surface area contributed by atoms with Crippen molar-refractivity contribution in [1.29, 1.82) is 0 Å². The van der Waals surface area contributed by atoms with Crippen molar-refractivity contribution in [2.24, 2.45) is 0 Å². The zero-order chi connectivity index (χ0) is 13.4. The molecule has 0 aromatic carbocycles. The van der Waals surface area contributed by atoms with Crippen LogP contribution in [0.1, 0.15) is 20.8 Å². The van der Waals surface area contributed by atoms with Crippen LogP contribution in [0.2, 0.25) is 18.1 Å². The molecule has 0 bridgehead atoms. The van der Waals surface area contributed by atoms with Crippen molar-refractivity contribution in [1.82, 2.24) is 0 Å². The van der Waals surface area contributed by atoms with E-state index in [4.69, 9.17) is 9.16 Å². The standard InChI is InChI=1S/C11H24O5Si/c1-11(2,3)17(4,5)16-9-8(13)7(12)6-15-10(9)14/h7-10,12-14H,6H2,1-5H3/t7-,8-,9+,10+/m0/s1. The summed E-state index contributed by atoms with van der Waals surface area (Å²) in [5.74, 6) is 0. The Kier molecular flexibility index (Phi) is 4.39. The number of aliphatic hydroxyl groups is 3. The van der Waals surface area contributed by atoms with Crippen LogP contribution in [-0.2, 0) is 9.16 Å². The molecule has 0 radical (unpaired) electrons. The minimum atomic E-state index is -2.12. The lowest BCUT2D eigenvalue weighted by molar-refractivity contribution is -0.247. The largest absolute Gasteiger partial charge is 0.406 e. The van der Waals surface area contributed by atoms with E-state index in [-0.39, 0.29) is 11.6 Å². The Morgan fingerprint density at radius 3 is 2.18 bits per heavy atom. The van der Waals surface area contributed by atoms with Gasteiger partial charge in [-0.1, -0.05) is 20.8 Å². The molecule has 0 aromatic rings. The smallest absolute Gasteiger partial charge is 0.192 e. The number of hydrogen-bond acceptors (Lipinski definition) is 5. The Morgan fingerprint density at radius 2 is 1.71 bits per heavy atom. The molecule has 3 N–H and O–H groups in total. The van der Waals surface area contributed by atoms with Crippen LogP contribution in [0.4, 0.5) is 0 Å². The van der Waals surface area contributed by atoms with E-state index in [1.807, 2.05) is 13.1 Å². The zero-order valence-electron chi connectivity index (χ0n) is 11.2. The van der Waals surface area contributed by atoms with E-state index >= 15 is 0 Å². The second kappa shape index (κ2) is 4.95. The van der Waals surface area contributed by atoms with E-state index in [0.29, 0.717) is 0 Å². The summed E-state index contributed by atoms with van der Waals surface area (Å²) in [7, 11) is -2.12. The third-order valence-corrected chi connectivity index (χ3v) is 8.16. The fraction of sp³-hybridized carbons (Fsp3) is 1.00. The van der Waals surface area contributed by atoms with E-state index in [1.54, 1.807) is 0 Å². The molecule has 1 saturated heterocycles. The van der Waals surface area contributed by atoms with E-state index < -0.39 is 32.9 Å². The predicted octanol–water partition coefficient (Wildman–Crippen LogP) is 0.447. The number of rotatable bonds is 2. The molecule has 1 rings (SSSR count). The van der Waals surface area contributed by atoms with Gasteiger partial charge in [0.2, 0.25) is 0 Å². The monoisotopic (exact) mass is 264 g/mol. The number of aliphatic hydroxyl groups excluding tert-OH is 3. The van der Waals surface area contributed by atoms with Crippen molar-refractivity contribution in [3.63, 3.8) is 0 Å². The van der Waals surface area contributed by atoms with Crippen molar-refractivity contribution in [2.75, 3.05) is 6.61 Å². The molecule has 6 heteroatoms. The molecule has 0 unspecified atom stereocenters. The first kappa shape index (κ1) is 15.1. The first-order chi connectivity index (χ1) is 7.56. The van der Waals surface area contributed by atoms with E-state index in [0.717, 1.165) is 0 Å². The zero-order valence-corrected chi connectivity index (χ0v) is 12.2. The van der Waals surface area contributed by atoms with Crippen LogP contribution in [0.25, 0.3) is 0 Å². The van der Waals surface area contributed by atoms with Gasteiger partial charge in [-0.05, 0) is 18.1 Å². The van der Waals surface area contributed by atoms with Crippen LogP contribution >= 0.6 is 0 Å². The average molecular weight is 264 g/mol. The van der Waals surface area contributed by atoms with E-state index in [2.05, 4.69) is 20.8 Å². The van der Waals surface area contributed by atoms with Gasteiger partial charge in [0, 0.05) is 0 Å². The van der Waals surface area contributed by atoms with Gasteiger partial charge in [0.25, 0.3) is 0 Å². The third-order valence-electron chi connectivity index (χ3n) is 3.69. The van der Waals surface area contributed by atoms with Gasteiger partial charge in [-0.2, -0.15) is 0 Å². The van der Waals surface area contributed by atoms with Gasteiger partial charge >= 0.3 is 0 Å². The summed E-state index contributed by atoms with van der Waals surface area (Å²) in [6.45, 7) is 10.2. The molecule has 0 saturated carbocycles. The summed E-state index contributed by atoms with van der Waals surface area (Å²) in [5, 5.41) is 29.0. The lowest BCUT2D eigenvalue weighted by atomic mass is 10.1. The molecule has 102 valence electrons. The highest BCUT2D eigenvalue weighted by Gasteiger charge is 2.46. The molecule has 1 aliphatic heterocycles. The summed E-state index contributed by atoms with van der Waals surface area (Å²) in [4.78, 5) is 0. The highest BCUT2D eigenvalue weighted by Crippen LogP contribution is 2.38. The molecule has 0 aliphatic carbocycles. The molecule has 0 spiro atoms. The fourth-order valence-corrected chi connectivity index (χ4v) is 2.71. The Bertz CT molecular complexity index is 263. The van der Waals surface area contributed by atoms with Gasteiger partial charge in [0.15, 0.2) is 14.6 Å². The molecular formula is C11H24O5Si. The maximum absolute atomic E-state index is 9.84. The molecule has 1 aliphatic rings. The molecule has 1 heterocycles. The maximum Gasteiger partial charge on any atom is 0.192 e. The summed E-state index contributed by atoms with van der Waals surface area (Å²) in [6, 6.07) is 0. The first-order valence-electron chi connectivity index (χ1n) is 5.90. The van der Waals surface area contributed by atoms with Crippen molar-refractivity contribution >= 4 is 8.32 Å². The van der Waals surface area contributed by atoms with E-state index in [1.165, 1.54) is 0 Å². The summed E-state index contributed by atoms with van der Waals surface area (Å²) >= 11 is 0. The Morgan fingerprint density at radius 1 is 1.18 bits per heavy atom.